The van der Waals surface area contributed by atoms with Crippen molar-refractivity contribution in [3.8, 4) is 11.5 Å². The first-order chi connectivity index (χ1) is 20.3. The van der Waals surface area contributed by atoms with Crippen LogP contribution >= 0.6 is 11.6 Å². The van der Waals surface area contributed by atoms with Gasteiger partial charge in [-0.2, -0.15) is 0 Å². The maximum Gasteiger partial charge on any atom is 0.254 e. The van der Waals surface area contributed by atoms with Gasteiger partial charge in [0.15, 0.2) is 17.0 Å². The van der Waals surface area contributed by atoms with Crippen LogP contribution in [-0.2, 0) is 21.5 Å². The minimum absolute atomic E-state index is 0.0539. The van der Waals surface area contributed by atoms with Crippen LogP contribution in [0.2, 0.25) is 5.02 Å². The molecule has 0 aliphatic carbocycles. The summed E-state index contributed by atoms with van der Waals surface area (Å²) >= 11 is 6.06. The lowest BCUT2D eigenvalue weighted by atomic mass is 9.76. The van der Waals surface area contributed by atoms with Crippen molar-refractivity contribution in [1.82, 2.24) is 14.8 Å². The van der Waals surface area contributed by atoms with Crippen molar-refractivity contribution in [2.75, 3.05) is 32.8 Å². The summed E-state index contributed by atoms with van der Waals surface area (Å²) in [5.74, 6) is 1.12. The summed E-state index contributed by atoms with van der Waals surface area (Å²) in [5.41, 5.74) is 3.71. The number of hydrogen-bond acceptors (Lipinski definition) is 4. The molecule has 0 bridgehead atoms. The van der Waals surface area contributed by atoms with Crippen molar-refractivity contribution in [1.29, 1.82) is 0 Å². The lowest BCUT2D eigenvalue weighted by Gasteiger charge is -2.51. The smallest absolute Gasteiger partial charge is 0.254 e. The molecule has 0 saturated carbocycles. The van der Waals surface area contributed by atoms with Crippen molar-refractivity contribution < 1.29 is 19.1 Å². The zero-order valence-corrected chi connectivity index (χ0v) is 25.0. The van der Waals surface area contributed by atoms with Crippen LogP contribution in [0.4, 0.5) is 0 Å². The number of hydrogen-bond donors (Lipinski definition) is 1. The van der Waals surface area contributed by atoms with Gasteiger partial charge in [-0.25, -0.2) is 0 Å². The molecule has 2 amide bonds. The van der Waals surface area contributed by atoms with Gasteiger partial charge in [-0.15, -0.1) is 0 Å². The largest absolute Gasteiger partial charge is 0.490 e. The Morgan fingerprint density at radius 1 is 1.00 bits per heavy atom. The summed E-state index contributed by atoms with van der Waals surface area (Å²) < 4.78 is 11.9. The van der Waals surface area contributed by atoms with E-state index in [1.54, 1.807) is 9.80 Å². The Bertz CT molecular complexity index is 1630. The van der Waals surface area contributed by atoms with Gasteiger partial charge in [0.25, 0.3) is 5.91 Å². The number of nitrogens with one attached hydrogen (secondary N) is 1. The fourth-order valence-electron chi connectivity index (χ4n) is 6.41. The first kappa shape index (κ1) is 28.2. The first-order valence-electron chi connectivity index (χ1n) is 14.7. The minimum Gasteiger partial charge on any atom is -0.490 e. The molecule has 3 aromatic carbocycles. The summed E-state index contributed by atoms with van der Waals surface area (Å²) in [6.07, 6.45) is 1.54. The van der Waals surface area contributed by atoms with Crippen LogP contribution in [0.25, 0.3) is 10.9 Å². The second-order valence-corrected chi connectivity index (χ2v) is 11.6. The molecule has 8 heteroatoms. The predicted molar refractivity (Wildman–Crippen MR) is 164 cm³/mol. The Kier molecular flexibility index (Phi) is 7.62. The highest BCUT2D eigenvalue weighted by molar-refractivity contribution is 6.30. The van der Waals surface area contributed by atoms with Gasteiger partial charge in [0, 0.05) is 34.9 Å². The average Bonchev–Trinajstić information content (AvgIpc) is 3.39. The molecule has 1 saturated heterocycles. The number of carbonyl (C=O) groups excluding carboxylic acids is 2. The molecule has 7 nitrogen and oxygen atoms in total. The summed E-state index contributed by atoms with van der Waals surface area (Å²) in [4.78, 5) is 35.2. The number of nitrogens with zero attached hydrogens (tertiary/aromatic N) is 2. The number of amides is 2. The molecule has 2 unspecified atom stereocenters. The van der Waals surface area contributed by atoms with Gasteiger partial charge in [-0.1, -0.05) is 54.9 Å². The number of piperazine rings is 1. The van der Waals surface area contributed by atoms with E-state index in [-0.39, 0.29) is 24.3 Å². The van der Waals surface area contributed by atoms with Crippen LogP contribution in [-0.4, -0.2) is 59.4 Å². The number of halogens is 1. The van der Waals surface area contributed by atoms with E-state index < -0.39 is 5.54 Å². The molecule has 2 atom stereocenters. The molecule has 4 aromatic rings. The molecular weight excluding hydrogens is 550 g/mol. The number of H-pyrrole nitrogens is 1. The number of aromatic amines is 1. The Labute approximate surface area is 251 Å². The Morgan fingerprint density at radius 2 is 1.79 bits per heavy atom. The highest BCUT2D eigenvalue weighted by Crippen LogP contribution is 2.49. The van der Waals surface area contributed by atoms with E-state index >= 15 is 0 Å². The molecule has 218 valence electrons. The van der Waals surface area contributed by atoms with Gasteiger partial charge in [0.1, 0.15) is 0 Å². The molecule has 1 aromatic heterocycles. The molecule has 6 rings (SSSR count). The van der Waals surface area contributed by atoms with E-state index in [4.69, 9.17) is 21.1 Å². The van der Waals surface area contributed by atoms with Crippen molar-refractivity contribution in [2.45, 2.75) is 45.1 Å². The normalized spacial score (nSPS) is 20.0. The third-order valence-electron chi connectivity index (χ3n) is 8.53. The van der Waals surface area contributed by atoms with Gasteiger partial charge in [0.05, 0.1) is 25.5 Å². The third kappa shape index (κ3) is 4.79. The molecule has 3 heterocycles. The number of para-hydroxylation sites is 1. The predicted octanol–water partition coefficient (Wildman–Crippen LogP) is 6.28. The van der Waals surface area contributed by atoms with E-state index in [9.17, 15) is 9.59 Å². The standard InChI is InChI=1S/C34H36ClN3O4/c1-4-18-42-28-15-12-23(19-29(28)41-5-2)26-20-38-30(39)21-37(17-16-22-10-13-24(35)14-11-22)33(40)34(38,3)32-31(26)25-8-6-7-9-27(25)36-32/h6-15,19,26,36H,4-5,16-18,20-21H2,1-3H3. The topological polar surface area (TPSA) is 74.9 Å². The molecule has 1 N–H and O–H groups in total. The van der Waals surface area contributed by atoms with Gasteiger partial charge in [-0.05, 0) is 73.7 Å². The maximum absolute atomic E-state index is 14.3. The number of fused-ring (bicyclic) bond motifs is 5. The fraction of sp³-hybridized carbons (Fsp3) is 0.353. The number of ether oxygens (including phenoxy) is 2. The third-order valence-corrected chi connectivity index (χ3v) is 8.78. The Balaban J connectivity index is 1.41. The van der Waals surface area contributed by atoms with Crippen molar-refractivity contribution in [2.24, 2.45) is 0 Å². The average molecular weight is 586 g/mol. The zero-order valence-electron chi connectivity index (χ0n) is 24.3. The van der Waals surface area contributed by atoms with Gasteiger partial charge < -0.3 is 24.3 Å². The van der Waals surface area contributed by atoms with E-state index in [2.05, 4.69) is 24.0 Å². The van der Waals surface area contributed by atoms with E-state index in [1.165, 1.54) is 0 Å². The van der Waals surface area contributed by atoms with Crippen LogP contribution in [0.1, 0.15) is 55.5 Å². The highest BCUT2D eigenvalue weighted by Gasteiger charge is 2.56. The number of benzene rings is 3. The molecule has 2 aliphatic heterocycles. The summed E-state index contributed by atoms with van der Waals surface area (Å²) in [6, 6.07) is 21.8. The van der Waals surface area contributed by atoms with Gasteiger partial charge in [-0.3, -0.25) is 9.59 Å². The summed E-state index contributed by atoms with van der Waals surface area (Å²) in [5, 5.41) is 1.73. The van der Waals surface area contributed by atoms with E-state index in [0.717, 1.165) is 39.7 Å². The van der Waals surface area contributed by atoms with Gasteiger partial charge >= 0.3 is 0 Å². The number of carbonyl (C=O) groups is 2. The van der Waals surface area contributed by atoms with Crippen molar-refractivity contribution in [3.05, 3.63) is 94.1 Å². The molecule has 0 radical (unpaired) electrons. The lowest BCUT2D eigenvalue weighted by Crippen LogP contribution is -2.67. The lowest BCUT2D eigenvalue weighted by molar-refractivity contribution is -0.166. The van der Waals surface area contributed by atoms with E-state index in [1.807, 2.05) is 68.4 Å². The van der Waals surface area contributed by atoms with Crippen molar-refractivity contribution in [3.63, 3.8) is 0 Å². The highest BCUT2D eigenvalue weighted by atomic mass is 35.5. The number of rotatable bonds is 9. The van der Waals surface area contributed by atoms with Crippen LogP contribution in [0, 0.1) is 0 Å². The quantitative estimate of drug-likeness (QED) is 0.251. The zero-order chi connectivity index (χ0) is 29.4. The second kappa shape index (κ2) is 11.4. The SMILES string of the molecule is CCCOc1ccc(C2CN3C(=O)CN(CCc4ccc(Cl)cc4)C(=O)C3(C)c3[nH]c4ccccc4c32)cc1OCC. The fourth-order valence-corrected chi connectivity index (χ4v) is 6.54. The van der Waals surface area contributed by atoms with Crippen LogP contribution < -0.4 is 9.47 Å². The first-order valence-corrected chi connectivity index (χ1v) is 15.1. The van der Waals surface area contributed by atoms with E-state index in [0.29, 0.717) is 49.2 Å². The molecule has 42 heavy (non-hydrogen) atoms. The van der Waals surface area contributed by atoms with Crippen LogP contribution in [0.15, 0.2) is 66.7 Å². The molecular formula is C34H36ClN3O4. The molecule has 2 aliphatic rings. The van der Waals surface area contributed by atoms with Crippen molar-refractivity contribution >= 4 is 34.3 Å². The van der Waals surface area contributed by atoms with Gasteiger partial charge in [0.2, 0.25) is 5.91 Å². The monoisotopic (exact) mass is 585 g/mol. The summed E-state index contributed by atoms with van der Waals surface area (Å²) in [7, 11) is 0. The summed E-state index contributed by atoms with van der Waals surface area (Å²) in [6.45, 7) is 7.93. The molecule has 1 fully saturated rings. The van der Waals surface area contributed by atoms with Crippen LogP contribution in [0.3, 0.4) is 0 Å². The number of aromatic nitrogens is 1. The van der Waals surface area contributed by atoms with Crippen LogP contribution in [0.5, 0.6) is 11.5 Å². The maximum atomic E-state index is 14.3. The minimum atomic E-state index is -1.15. The Morgan fingerprint density at radius 3 is 2.55 bits per heavy atom. The second-order valence-electron chi connectivity index (χ2n) is 11.2. The Hall–Kier alpha value is -3.97. The molecule has 0 spiro atoms.